The number of carbonyl (C=O) groups is 2. The highest BCUT2D eigenvalue weighted by Gasteiger charge is 2.17. The number of aromatic nitrogens is 2. The summed E-state index contributed by atoms with van der Waals surface area (Å²) < 4.78 is 12.4. The van der Waals surface area contributed by atoms with E-state index in [1.54, 1.807) is 30.2 Å². The Morgan fingerprint density at radius 2 is 1.75 bits per heavy atom. The first kappa shape index (κ1) is 23.1. The summed E-state index contributed by atoms with van der Waals surface area (Å²) in [5, 5.41) is 2.92. The van der Waals surface area contributed by atoms with E-state index in [1.807, 2.05) is 42.7 Å². The lowest BCUT2D eigenvalue weighted by Gasteiger charge is -2.20. The first-order valence-electron chi connectivity index (χ1n) is 10.7. The van der Waals surface area contributed by atoms with Gasteiger partial charge < -0.3 is 24.3 Å². The smallest absolute Gasteiger partial charge is 0.251 e. The van der Waals surface area contributed by atoms with Crippen LogP contribution < -0.4 is 14.8 Å². The molecule has 32 heavy (non-hydrogen) atoms. The molecular weight excluding hydrogens is 408 g/mol. The van der Waals surface area contributed by atoms with Gasteiger partial charge in [-0.25, -0.2) is 4.98 Å². The number of hydrogen-bond acceptors (Lipinski definition) is 5. The van der Waals surface area contributed by atoms with Crippen molar-refractivity contribution in [2.75, 3.05) is 33.9 Å². The molecule has 1 aromatic heterocycles. The number of nitrogens with one attached hydrogen (secondary N) is 1. The van der Waals surface area contributed by atoms with Crippen LogP contribution in [-0.2, 0) is 17.8 Å². The third-order valence-corrected chi connectivity index (χ3v) is 5.42. The summed E-state index contributed by atoms with van der Waals surface area (Å²) in [6.07, 6.45) is 0.499. The molecule has 1 heterocycles. The Hall–Kier alpha value is -3.55. The Bertz CT molecular complexity index is 1090. The summed E-state index contributed by atoms with van der Waals surface area (Å²) in [7, 11) is 3.08. The molecule has 8 heteroatoms. The number of ether oxygens (including phenoxy) is 2. The van der Waals surface area contributed by atoms with Crippen LogP contribution in [0.1, 0.15) is 30.0 Å². The average Bonchev–Trinajstić information content (AvgIpc) is 3.16. The maximum Gasteiger partial charge on any atom is 0.251 e. The molecule has 0 saturated heterocycles. The fraction of sp³-hybridized carbons (Fsp3) is 0.375. The molecule has 0 atom stereocenters. The van der Waals surface area contributed by atoms with Crippen molar-refractivity contribution >= 4 is 22.8 Å². The number of rotatable bonds is 10. The normalized spacial score (nSPS) is 10.8. The summed E-state index contributed by atoms with van der Waals surface area (Å²) in [6.45, 7) is 5.88. The quantitative estimate of drug-likeness (QED) is 0.526. The Labute approximate surface area is 188 Å². The molecule has 0 saturated carbocycles. The second-order valence-corrected chi connectivity index (χ2v) is 7.24. The highest BCUT2D eigenvalue weighted by atomic mass is 16.5. The fourth-order valence-corrected chi connectivity index (χ4v) is 3.67. The number of methoxy groups -OCH3 is 2. The van der Waals surface area contributed by atoms with E-state index in [0.29, 0.717) is 43.1 Å². The van der Waals surface area contributed by atoms with Gasteiger partial charge in [0.25, 0.3) is 5.91 Å². The van der Waals surface area contributed by atoms with Gasteiger partial charge in [-0.3, -0.25) is 9.59 Å². The van der Waals surface area contributed by atoms with Crippen molar-refractivity contribution in [1.29, 1.82) is 0 Å². The Morgan fingerprint density at radius 1 is 1.03 bits per heavy atom. The van der Waals surface area contributed by atoms with Crippen LogP contribution in [0.3, 0.4) is 0 Å². The number of imidazole rings is 1. The number of likely N-dealkylation sites (N-methyl/N-ethyl adjacent to an activating group) is 1. The third kappa shape index (κ3) is 5.01. The van der Waals surface area contributed by atoms with Crippen LogP contribution >= 0.6 is 0 Å². The van der Waals surface area contributed by atoms with Gasteiger partial charge in [0.15, 0.2) is 11.5 Å². The molecule has 0 fully saturated rings. The third-order valence-electron chi connectivity index (χ3n) is 5.42. The zero-order valence-electron chi connectivity index (χ0n) is 19.1. The lowest BCUT2D eigenvalue weighted by Crippen LogP contribution is -2.34. The maximum absolute atomic E-state index is 12.7. The lowest BCUT2D eigenvalue weighted by molar-refractivity contribution is -0.131. The molecule has 0 spiro atoms. The van der Waals surface area contributed by atoms with E-state index in [4.69, 9.17) is 14.5 Å². The summed E-state index contributed by atoms with van der Waals surface area (Å²) in [6, 6.07) is 12.8. The van der Waals surface area contributed by atoms with Gasteiger partial charge in [0, 0.05) is 31.6 Å². The maximum atomic E-state index is 12.7. The van der Waals surface area contributed by atoms with E-state index in [0.717, 1.165) is 16.9 Å². The van der Waals surface area contributed by atoms with Crippen molar-refractivity contribution in [3.8, 4) is 11.5 Å². The second-order valence-electron chi connectivity index (χ2n) is 7.24. The van der Waals surface area contributed by atoms with Gasteiger partial charge in [0.2, 0.25) is 5.91 Å². The van der Waals surface area contributed by atoms with Crippen LogP contribution in [0, 0.1) is 0 Å². The van der Waals surface area contributed by atoms with Crippen LogP contribution in [0.4, 0.5) is 0 Å². The molecule has 0 unspecified atom stereocenters. The van der Waals surface area contributed by atoms with Crippen molar-refractivity contribution in [2.45, 2.75) is 26.8 Å². The van der Waals surface area contributed by atoms with Gasteiger partial charge in [0.05, 0.1) is 25.3 Å². The van der Waals surface area contributed by atoms with Crippen LogP contribution in [-0.4, -0.2) is 60.1 Å². The van der Waals surface area contributed by atoms with Crippen LogP contribution in [0.5, 0.6) is 11.5 Å². The molecule has 0 aliphatic heterocycles. The summed E-state index contributed by atoms with van der Waals surface area (Å²) in [5.74, 6) is 1.66. The molecule has 2 aromatic carbocycles. The predicted octanol–water partition coefficient (Wildman–Crippen LogP) is 2.89. The van der Waals surface area contributed by atoms with Gasteiger partial charge in [-0.1, -0.05) is 12.1 Å². The molecule has 1 N–H and O–H groups in total. The average molecular weight is 439 g/mol. The van der Waals surface area contributed by atoms with Gasteiger partial charge in [-0.15, -0.1) is 0 Å². The molecule has 0 aliphatic carbocycles. The Kier molecular flexibility index (Phi) is 7.70. The molecule has 0 bridgehead atoms. The number of hydrogen-bond donors (Lipinski definition) is 1. The first-order chi connectivity index (χ1) is 15.5. The minimum atomic E-state index is -0.215. The van der Waals surface area contributed by atoms with Crippen molar-refractivity contribution in [3.63, 3.8) is 0 Å². The molecule has 170 valence electrons. The van der Waals surface area contributed by atoms with E-state index < -0.39 is 0 Å². The number of amides is 2. The lowest BCUT2D eigenvalue weighted by atomic mass is 10.2. The molecule has 2 amide bonds. The number of fused-ring (bicyclic) bond motifs is 1. The molecule has 8 nitrogen and oxygen atoms in total. The van der Waals surface area contributed by atoms with E-state index >= 15 is 0 Å². The SMILES string of the molecule is CCN(CC)C(=O)Cn1c(CCNC(=O)c2ccc(OC)c(OC)c2)nc2ccccc21. The monoisotopic (exact) mass is 438 g/mol. The predicted molar refractivity (Wildman–Crippen MR) is 123 cm³/mol. The zero-order chi connectivity index (χ0) is 23.1. The number of carbonyl (C=O) groups excluding carboxylic acids is 2. The summed E-state index contributed by atoms with van der Waals surface area (Å²) >= 11 is 0. The largest absolute Gasteiger partial charge is 0.493 e. The topological polar surface area (TPSA) is 85.7 Å². The molecule has 3 rings (SSSR count). The van der Waals surface area contributed by atoms with Gasteiger partial charge >= 0.3 is 0 Å². The van der Waals surface area contributed by atoms with E-state index in [-0.39, 0.29) is 18.4 Å². The van der Waals surface area contributed by atoms with Crippen molar-refractivity contribution in [1.82, 2.24) is 19.8 Å². The first-order valence-corrected chi connectivity index (χ1v) is 10.7. The van der Waals surface area contributed by atoms with Crippen molar-refractivity contribution in [2.24, 2.45) is 0 Å². The van der Waals surface area contributed by atoms with Crippen LogP contribution in [0.15, 0.2) is 42.5 Å². The van der Waals surface area contributed by atoms with E-state index in [9.17, 15) is 9.59 Å². The highest BCUT2D eigenvalue weighted by molar-refractivity contribution is 5.94. The zero-order valence-corrected chi connectivity index (χ0v) is 19.1. The van der Waals surface area contributed by atoms with Crippen molar-refractivity contribution in [3.05, 3.63) is 53.9 Å². The Morgan fingerprint density at radius 3 is 2.44 bits per heavy atom. The van der Waals surface area contributed by atoms with Crippen LogP contribution in [0.2, 0.25) is 0 Å². The number of benzene rings is 2. The number of para-hydroxylation sites is 2. The minimum Gasteiger partial charge on any atom is -0.493 e. The van der Waals surface area contributed by atoms with Gasteiger partial charge in [-0.05, 0) is 44.2 Å². The molecule has 0 aliphatic rings. The second kappa shape index (κ2) is 10.7. The summed E-state index contributed by atoms with van der Waals surface area (Å²) in [5.41, 5.74) is 2.23. The van der Waals surface area contributed by atoms with Gasteiger partial charge in [-0.2, -0.15) is 0 Å². The highest BCUT2D eigenvalue weighted by Crippen LogP contribution is 2.27. The van der Waals surface area contributed by atoms with Gasteiger partial charge in [0.1, 0.15) is 12.4 Å². The molecule has 3 aromatic rings. The van der Waals surface area contributed by atoms with Crippen LogP contribution in [0.25, 0.3) is 11.0 Å². The number of nitrogens with zero attached hydrogens (tertiary/aromatic N) is 3. The summed E-state index contributed by atoms with van der Waals surface area (Å²) in [4.78, 5) is 31.8. The standard InChI is InChI=1S/C24H30N4O4/c1-5-27(6-2)23(29)16-28-19-10-8-7-9-18(19)26-22(28)13-14-25-24(30)17-11-12-20(31-3)21(15-17)32-4/h7-12,15H,5-6,13-14,16H2,1-4H3,(H,25,30). The minimum absolute atomic E-state index is 0.0498. The fourth-order valence-electron chi connectivity index (χ4n) is 3.67. The van der Waals surface area contributed by atoms with Crippen molar-refractivity contribution < 1.29 is 19.1 Å². The molecular formula is C24H30N4O4. The van der Waals surface area contributed by atoms with E-state index in [1.165, 1.54) is 7.11 Å². The van der Waals surface area contributed by atoms with E-state index in [2.05, 4.69) is 5.32 Å². The Balaban J connectivity index is 1.73. The molecule has 0 radical (unpaired) electrons.